The number of nitrogens with one attached hydrogen (secondary N) is 2. The third-order valence-electron chi connectivity index (χ3n) is 3.95. The van der Waals surface area contributed by atoms with Gasteiger partial charge in [-0.05, 0) is 30.5 Å². The summed E-state index contributed by atoms with van der Waals surface area (Å²) in [7, 11) is 0. The van der Waals surface area contributed by atoms with Gasteiger partial charge in [-0.15, -0.1) is 0 Å². The van der Waals surface area contributed by atoms with Gasteiger partial charge >= 0.3 is 0 Å². The molecule has 0 saturated carbocycles. The predicted octanol–water partition coefficient (Wildman–Crippen LogP) is 2.12. The number of amides is 1. The lowest BCUT2D eigenvalue weighted by Gasteiger charge is -2.14. The minimum atomic E-state index is -0.0192. The number of benzene rings is 1. The highest BCUT2D eigenvalue weighted by Gasteiger charge is 2.30. The normalized spacial score (nSPS) is 21.4. The fourth-order valence-electron chi connectivity index (χ4n) is 2.62. The molecule has 0 spiro atoms. The molecule has 1 aliphatic rings. The van der Waals surface area contributed by atoms with Crippen molar-refractivity contribution in [1.29, 1.82) is 0 Å². The average Bonchev–Trinajstić information content (AvgIpc) is 3.16. The summed E-state index contributed by atoms with van der Waals surface area (Å²) in [6.45, 7) is 3.18. The van der Waals surface area contributed by atoms with E-state index in [-0.39, 0.29) is 17.9 Å². The van der Waals surface area contributed by atoms with Gasteiger partial charge < -0.3 is 10.1 Å². The summed E-state index contributed by atoms with van der Waals surface area (Å²) in [4.78, 5) is 12.1. The highest BCUT2D eigenvalue weighted by molar-refractivity contribution is 5.79. The summed E-state index contributed by atoms with van der Waals surface area (Å²) in [5, 5.41) is 9.86. The lowest BCUT2D eigenvalue weighted by molar-refractivity contribution is -0.126. The largest absolute Gasteiger partial charge is 0.378 e. The molecular formula is C16H19N3O2. The Hall–Kier alpha value is -2.14. The number of nitrogens with zero attached hydrogens (tertiary/aromatic N) is 1. The van der Waals surface area contributed by atoms with E-state index < -0.39 is 0 Å². The zero-order chi connectivity index (χ0) is 14.7. The molecule has 2 heterocycles. The Balaban J connectivity index is 1.57. The van der Waals surface area contributed by atoms with E-state index in [1.807, 2.05) is 37.3 Å². The van der Waals surface area contributed by atoms with Crippen molar-refractivity contribution >= 4 is 5.91 Å². The number of ether oxygens (including phenoxy) is 1. The van der Waals surface area contributed by atoms with Gasteiger partial charge in [-0.25, -0.2) is 0 Å². The lowest BCUT2D eigenvalue weighted by Crippen LogP contribution is -2.33. The summed E-state index contributed by atoms with van der Waals surface area (Å²) in [5.74, 6) is 0.0620. The SMILES string of the molecule is CC1OCCC1C(=O)NCc1ccc(-c2ccn[nH]2)cc1. The zero-order valence-corrected chi connectivity index (χ0v) is 12.0. The van der Waals surface area contributed by atoms with Crippen LogP contribution in [0.1, 0.15) is 18.9 Å². The van der Waals surface area contributed by atoms with E-state index >= 15 is 0 Å². The summed E-state index contributed by atoms with van der Waals surface area (Å²) in [5.41, 5.74) is 3.15. The molecule has 1 aromatic carbocycles. The quantitative estimate of drug-likeness (QED) is 0.904. The molecule has 2 atom stereocenters. The summed E-state index contributed by atoms with van der Waals surface area (Å²) < 4.78 is 5.43. The number of aromatic nitrogens is 2. The maximum absolute atomic E-state index is 12.1. The monoisotopic (exact) mass is 285 g/mol. The molecule has 3 rings (SSSR count). The Morgan fingerprint density at radius 2 is 2.19 bits per heavy atom. The third-order valence-corrected chi connectivity index (χ3v) is 3.95. The highest BCUT2D eigenvalue weighted by Crippen LogP contribution is 2.21. The summed E-state index contributed by atoms with van der Waals surface area (Å²) in [6.07, 6.45) is 2.56. The first-order chi connectivity index (χ1) is 10.2. The van der Waals surface area contributed by atoms with Crippen LogP contribution in [0.15, 0.2) is 36.5 Å². The van der Waals surface area contributed by atoms with E-state index in [0.29, 0.717) is 13.2 Å². The van der Waals surface area contributed by atoms with Crippen molar-refractivity contribution in [3.8, 4) is 11.3 Å². The van der Waals surface area contributed by atoms with E-state index in [9.17, 15) is 4.79 Å². The van der Waals surface area contributed by atoms with Crippen LogP contribution in [0.2, 0.25) is 0 Å². The first-order valence-corrected chi connectivity index (χ1v) is 7.22. The van der Waals surface area contributed by atoms with Crippen LogP contribution in [0.4, 0.5) is 0 Å². The Labute approximate surface area is 123 Å². The molecule has 110 valence electrons. The second-order valence-corrected chi connectivity index (χ2v) is 5.36. The molecule has 2 aromatic rings. The molecule has 5 nitrogen and oxygen atoms in total. The number of rotatable bonds is 4. The molecule has 2 N–H and O–H groups in total. The van der Waals surface area contributed by atoms with Crippen molar-refractivity contribution in [3.63, 3.8) is 0 Å². The number of hydrogen-bond donors (Lipinski definition) is 2. The third kappa shape index (κ3) is 3.13. The standard InChI is InChI=1S/C16H19N3O2/c1-11-14(7-9-21-11)16(20)17-10-12-2-4-13(5-3-12)15-6-8-18-19-15/h2-6,8,11,14H,7,9-10H2,1H3,(H,17,20)(H,18,19). The summed E-state index contributed by atoms with van der Waals surface area (Å²) in [6, 6.07) is 10.0. The molecule has 0 bridgehead atoms. The molecule has 5 heteroatoms. The number of hydrogen-bond acceptors (Lipinski definition) is 3. The smallest absolute Gasteiger partial charge is 0.226 e. The molecule has 1 saturated heterocycles. The van der Waals surface area contributed by atoms with Gasteiger partial charge in [0.1, 0.15) is 0 Å². The van der Waals surface area contributed by atoms with Gasteiger partial charge in [-0.2, -0.15) is 5.10 Å². The zero-order valence-electron chi connectivity index (χ0n) is 12.0. The van der Waals surface area contributed by atoms with Crippen LogP contribution in [-0.2, 0) is 16.1 Å². The predicted molar refractivity (Wildman–Crippen MR) is 79.4 cm³/mol. The van der Waals surface area contributed by atoms with E-state index in [1.165, 1.54) is 0 Å². The van der Waals surface area contributed by atoms with Crippen LogP contribution in [-0.4, -0.2) is 28.8 Å². The van der Waals surface area contributed by atoms with E-state index in [2.05, 4.69) is 15.5 Å². The average molecular weight is 285 g/mol. The van der Waals surface area contributed by atoms with Crippen LogP contribution in [0.3, 0.4) is 0 Å². The van der Waals surface area contributed by atoms with Crippen molar-refractivity contribution in [3.05, 3.63) is 42.1 Å². The maximum Gasteiger partial charge on any atom is 0.226 e. The Morgan fingerprint density at radius 1 is 1.38 bits per heavy atom. The van der Waals surface area contributed by atoms with Gasteiger partial charge in [-0.3, -0.25) is 9.89 Å². The van der Waals surface area contributed by atoms with Gasteiger partial charge in [-0.1, -0.05) is 24.3 Å². The summed E-state index contributed by atoms with van der Waals surface area (Å²) >= 11 is 0. The molecule has 1 aliphatic heterocycles. The molecule has 1 fully saturated rings. The van der Waals surface area contributed by atoms with Crippen LogP contribution in [0, 0.1) is 5.92 Å². The number of H-pyrrole nitrogens is 1. The van der Waals surface area contributed by atoms with Crippen LogP contribution in [0.5, 0.6) is 0 Å². The van der Waals surface area contributed by atoms with Crippen LogP contribution >= 0.6 is 0 Å². The Morgan fingerprint density at radius 3 is 2.81 bits per heavy atom. The fraction of sp³-hybridized carbons (Fsp3) is 0.375. The van der Waals surface area contributed by atoms with E-state index in [4.69, 9.17) is 4.74 Å². The first kappa shape index (κ1) is 13.8. The Bertz CT molecular complexity index is 592. The molecular weight excluding hydrogens is 266 g/mol. The molecule has 1 aromatic heterocycles. The van der Waals surface area contributed by atoms with Gasteiger partial charge in [0.25, 0.3) is 0 Å². The van der Waals surface area contributed by atoms with Crippen LogP contribution in [0.25, 0.3) is 11.3 Å². The van der Waals surface area contributed by atoms with Gasteiger partial charge in [0.15, 0.2) is 0 Å². The van der Waals surface area contributed by atoms with Gasteiger partial charge in [0, 0.05) is 19.3 Å². The highest BCUT2D eigenvalue weighted by atomic mass is 16.5. The fourth-order valence-corrected chi connectivity index (χ4v) is 2.62. The van der Waals surface area contributed by atoms with Crippen LogP contribution < -0.4 is 5.32 Å². The van der Waals surface area contributed by atoms with Crippen molar-refractivity contribution in [2.75, 3.05) is 6.61 Å². The molecule has 21 heavy (non-hydrogen) atoms. The number of aromatic amines is 1. The van der Waals surface area contributed by atoms with Crippen molar-refractivity contribution in [1.82, 2.24) is 15.5 Å². The molecule has 1 amide bonds. The second-order valence-electron chi connectivity index (χ2n) is 5.36. The number of carbonyl (C=O) groups is 1. The van der Waals surface area contributed by atoms with Crippen molar-refractivity contribution in [2.45, 2.75) is 26.0 Å². The van der Waals surface area contributed by atoms with Gasteiger partial charge in [0.2, 0.25) is 5.91 Å². The van der Waals surface area contributed by atoms with Gasteiger partial charge in [0.05, 0.1) is 17.7 Å². The Kier molecular flexibility index (Phi) is 4.01. The lowest BCUT2D eigenvalue weighted by atomic mass is 10.0. The molecule has 2 unspecified atom stereocenters. The van der Waals surface area contributed by atoms with E-state index in [1.54, 1.807) is 6.20 Å². The minimum Gasteiger partial charge on any atom is -0.378 e. The first-order valence-electron chi connectivity index (χ1n) is 7.22. The van der Waals surface area contributed by atoms with Crippen molar-refractivity contribution < 1.29 is 9.53 Å². The van der Waals surface area contributed by atoms with E-state index in [0.717, 1.165) is 23.2 Å². The maximum atomic E-state index is 12.1. The second kappa shape index (κ2) is 6.10. The topological polar surface area (TPSA) is 67.0 Å². The number of carbonyl (C=O) groups excluding carboxylic acids is 1. The molecule has 0 radical (unpaired) electrons. The van der Waals surface area contributed by atoms with Crippen molar-refractivity contribution in [2.24, 2.45) is 5.92 Å². The molecule has 0 aliphatic carbocycles. The minimum absolute atomic E-state index is 0.0192.